The summed E-state index contributed by atoms with van der Waals surface area (Å²) >= 11 is 0. The van der Waals surface area contributed by atoms with Gasteiger partial charge in [-0.2, -0.15) is 0 Å². The van der Waals surface area contributed by atoms with Crippen LogP contribution in [0.15, 0.2) is 143 Å². The molecule has 3 aromatic carbocycles. The summed E-state index contributed by atoms with van der Waals surface area (Å²) in [6.45, 7) is 14.1. The lowest BCUT2D eigenvalue weighted by atomic mass is 9.72. The Hall–Kier alpha value is -4.43. The molecule has 0 amide bonds. The summed E-state index contributed by atoms with van der Waals surface area (Å²) in [5.74, 6) is 1.85. The van der Waals surface area contributed by atoms with Gasteiger partial charge in [-0.15, -0.1) is 0 Å². The van der Waals surface area contributed by atoms with Crippen LogP contribution in [0.3, 0.4) is 0 Å². The van der Waals surface area contributed by atoms with E-state index in [0.29, 0.717) is 11.8 Å². The van der Waals surface area contributed by atoms with Crippen molar-refractivity contribution in [3.8, 4) is 0 Å². The molecule has 4 aliphatic carbocycles. The fourth-order valence-electron chi connectivity index (χ4n) is 7.39. The summed E-state index contributed by atoms with van der Waals surface area (Å²) in [7, 11) is 0. The minimum Gasteiger partial charge on any atom is -0.383 e. The van der Waals surface area contributed by atoms with Gasteiger partial charge in [-0.25, -0.2) is 4.99 Å². The average Bonchev–Trinajstić information content (AvgIpc) is 3.80. The highest BCUT2D eigenvalue weighted by atomic mass is 14.9. The van der Waals surface area contributed by atoms with Crippen molar-refractivity contribution in [3.05, 3.63) is 166 Å². The summed E-state index contributed by atoms with van der Waals surface area (Å²) < 4.78 is 0. The first-order chi connectivity index (χ1) is 20.3. The van der Waals surface area contributed by atoms with Gasteiger partial charge >= 0.3 is 0 Å². The number of allylic oxidation sites excluding steroid dienone is 9. The third-order valence-electron chi connectivity index (χ3n) is 9.66. The smallest absolute Gasteiger partial charge is 0.131 e. The zero-order valence-electron chi connectivity index (χ0n) is 24.7. The number of amidine groups is 1. The van der Waals surface area contributed by atoms with Gasteiger partial charge in [0.05, 0.1) is 5.70 Å². The van der Waals surface area contributed by atoms with E-state index < -0.39 is 0 Å². The molecule has 0 aliphatic heterocycles. The van der Waals surface area contributed by atoms with Crippen LogP contribution in [0.2, 0.25) is 0 Å². The lowest BCUT2D eigenvalue weighted by Gasteiger charge is -2.32. The number of aliphatic imine (C=N–C) groups is 1. The van der Waals surface area contributed by atoms with Gasteiger partial charge in [0.2, 0.25) is 0 Å². The minimum atomic E-state index is -0.159. The predicted octanol–water partition coefficient (Wildman–Crippen LogP) is 9.13. The molecule has 1 fully saturated rings. The van der Waals surface area contributed by atoms with Crippen molar-refractivity contribution >= 4 is 17.1 Å². The lowest BCUT2D eigenvalue weighted by molar-refractivity contribution is 0.650. The molecule has 2 nitrogen and oxygen atoms in total. The van der Waals surface area contributed by atoms with Gasteiger partial charge in [0.1, 0.15) is 5.84 Å². The Morgan fingerprint density at radius 2 is 1.67 bits per heavy atom. The highest BCUT2D eigenvalue weighted by Gasteiger charge is 2.50. The Labute approximate surface area is 250 Å². The largest absolute Gasteiger partial charge is 0.383 e. The van der Waals surface area contributed by atoms with Crippen molar-refractivity contribution in [2.24, 2.45) is 22.6 Å². The van der Waals surface area contributed by atoms with Crippen molar-refractivity contribution in [1.82, 2.24) is 0 Å². The van der Waals surface area contributed by atoms with Gasteiger partial charge < -0.3 is 5.73 Å². The van der Waals surface area contributed by atoms with Crippen molar-refractivity contribution in [2.75, 3.05) is 0 Å². The predicted molar refractivity (Wildman–Crippen MR) is 177 cm³/mol. The van der Waals surface area contributed by atoms with Crippen LogP contribution in [0.25, 0.3) is 11.3 Å². The van der Waals surface area contributed by atoms with Crippen LogP contribution in [-0.2, 0) is 11.8 Å². The van der Waals surface area contributed by atoms with Crippen LogP contribution in [0, 0.1) is 11.8 Å². The molecule has 7 rings (SSSR count). The van der Waals surface area contributed by atoms with E-state index in [1.807, 2.05) is 48.5 Å². The number of rotatable bonds is 5. The van der Waals surface area contributed by atoms with Crippen molar-refractivity contribution in [1.29, 1.82) is 0 Å². The summed E-state index contributed by atoms with van der Waals surface area (Å²) in [6, 6.07) is 27.2. The van der Waals surface area contributed by atoms with Crippen LogP contribution >= 0.6 is 0 Å². The average molecular weight is 547 g/mol. The van der Waals surface area contributed by atoms with E-state index in [9.17, 15) is 0 Å². The molecule has 0 aromatic heterocycles. The van der Waals surface area contributed by atoms with E-state index >= 15 is 0 Å². The summed E-state index contributed by atoms with van der Waals surface area (Å²) in [5.41, 5.74) is 21.3. The van der Waals surface area contributed by atoms with Crippen LogP contribution < -0.4 is 5.73 Å². The SMILES string of the molecule is C=C1/C(=C2\C(=C)C3CC3C3=C2C=CCC3)C(C)(C)c2cc(C/C=C(\N=C(/N)c3ccccc3)c3ccccc3)ccc21. The van der Waals surface area contributed by atoms with Gasteiger partial charge in [-0.1, -0.05) is 130 Å². The van der Waals surface area contributed by atoms with Crippen LogP contribution in [-0.4, -0.2) is 5.84 Å². The number of hydrogen-bond acceptors (Lipinski definition) is 1. The molecule has 2 atom stereocenters. The molecule has 42 heavy (non-hydrogen) atoms. The molecule has 0 radical (unpaired) electrons. The first kappa shape index (κ1) is 26.5. The van der Waals surface area contributed by atoms with E-state index in [4.69, 9.17) is 10.7 Å². The Kier molecular flexibility index (Phi) is 6.39. The second kappa shape index (κ2) is 10.1. The standard InChI is InChI=1S/C40H38N2/c1-25-33-24-34(33)31-17-11-12-18-32(31)37(25)38-26(2)30-21-19-27(23-35(30)40(38,3)4)20-22-36(28-13-7-5-8-14-28)42-39(41)29-15-9-6-10-16-29/h5-10,12-16,18-19,21-23,33-34H,1-2,11,17,20,24H2,3-4H3,(H2,41,42)/b36-22-,38-37-. The van der Waals surface area contributed by atoms with E-state index in [2.05, 4.69) is 75.6 Å². The highest BCUT2D eigenvalue weighted by molar-refractivity contribution is 6.00. The third-order valence-corrected chi connectivity index (χ3v) is 9.66. The molecule has 0 heterocycles. The van der Waals surface area contributed by atoms with Gasteiger partial charge in [0.15, 0.2) is 0 Å². The maximum Gasteiger partial charge on any atom is 0.131 e. The molecule has 2 heteroatoms. The van der Waals surface area contributed by atoms with E-state index in [-0.39, 0.29) is 5.41 Å². The topological polar surface area (TPSA) is 38.4 Å². The number of fused-ring (bicyclic) bond motifs is 3. The Morgan fingerprint density at radius 1 is 0.952 bits per heavy atom. The quantitative estimate of drug-likeness (QED) is 0.251. The maximum atomic E-state index is 6.46. The molecule has 1 saturated carbocycles. The van der Waals surface area contributed by atoms with Gasteiger partial charge in [0.25, 0.3) is 0 Å². The fourth-order valence-corrected chi connectivity index (χ4v) is 7.39. The van der Waals surface area contributed by atoms with Crippen molar-refractivity contribution in [3.63, 3.8) is 0 Å². The Bertz CT molecular complexity index is 1770. The zero-order valence-corrected chi connectivity index (χ0v) is 24.7. The Morgan fingerprint density at radius 3 is 2.40 bits per heavy atom. The molecule has 4 aliphatic rings. The van der Waals surface area contributed by atoms with Gasteiger partial charge in [-0.3, -0.25) is 0 Å². The lowest BCUT2D eigenvalue weighted by Crippen LogP contribution is -2.21. The number of nitrogens with two attached hydrogens (primary N) is 1. The van der Waals surface area contributed by atoms with Crippen molar-refractivity contribution < 1.29 is 0 Å². The molecule has 208 valence electrons. The molecular weight excluding hydrogens is 508 g/mol. The molecule has 0 spiro atoms. The third kappa shape index (κ3) is 4.38. The maximum absolute atomic E-state index is 6.46. The van der Waals surface area contributed by atoms with Gasteiger partial charge in [0, 0.05) is 11.0 Å². The molecular formula is C40H38N2. The molecule has 3 aromatic rings. The minimum absolute atomic E-state index is 0.159. The summed E-state index contributed by atoms with van der Waals surface area (Å²) in [5, 5.41) is 0. The van der Waals surface area contributed by atoms with E-state index in [1.165, 1.54) is 51.8 Å². The normalized spacial score (nSPS) is 24.4. The number of nitrogens with zero attached hydrogens (tertiary/aromatic N) is 1. The molecule has 2 unspecified atom stereocenters. The van der Waals surface area contributed by atoms with Crippen molar-refractivity contribution in [2.45, 2.75) is 44.9 Å². The summed E-state index contributed by atoms with van der Waals surface area (Å²) in [4.78, 5) is 4.89. The second-order valence-corrected chi connectivity index (χ2v) is 12.6. The fraction of sp³-hybridized carbons (Fsp3) is 0.225. The second-order valence-electron chi connectivity index (χ2n) is 12.6. The van der Waals surface area contributed by atoms with E-state index in [0.717, 1.165) is 41.2 Å². The van der Waals surface area contributed by atoms with Crippen LogP contribution in [0.4, 0.5) is 0 Å². The highest BCUT2D eigenvalue weighted by Crippen LogP contribution is 2.62. The first-order valence-electron chi connectivity index (χ1n) is 15.2. The molecule has 0 bridgehead atoms. The van der Waals surface area contributed by atoms with Crippen LogP contribution in [0.1, 0.15) is 60.9 Å². The van der Waals surface area contributed by atoms with E-state index in [1.54, 1.807) is 5.57 Å². The monoisotopic (exact) mass is 546 g/mol. The Balaban J connectivity index is 1.26. The zero-order chi connectivity index (χ0) is 29.0. The van der Waals surface area contributed by atoms with Gasteiger partial charge in [-0.05, 0) is 87.6 Å². The number of hydrogen-bond donors (Lipinski definition) is 1. The molecule has 2 N–H and O–H groups in total. The first-order valence-corrected chi connectivity index (χ1v) is 15.2. The molecule has 0 saturated heterocycles. The summed E-state index contributed by atoms with van der Waals surface area (Å²) in [6.07, 6.45) is 11.3. The number of benzene rings is 3. The van der Waals surface area contributed by atoms with Crippen LogP contribution in [0.5, 0.6) is 0 Å².